The third-order valence-corrected chi connectivity index (χ3v) is 4.29. The number of hydrogen-bond donors (Lipinski definition) is 1. The number of carbonyl (C=O) groups excluding carboxylic acids is 1. The molecule has 0 saturated carbocycles. The Kier molecular flexibility index (Phi) is 4.01. The van der Waals surface area contributed by atoms with Gasteiger partial charge in [0.1, 0.15) is 0 Å². The van der Waals surface area contributed by atoms with Crippen LogP contribution in [0.2, 0.25) is 0 Å². The van der Waals surface area contributed by atoms with E-state index in [1.165, 1.54) is 0 Å². The molecule has 2 nitrogen and oxygen atoms in total. The van der Waals surface area contributed by atoms with Crippen molar-refractivity contribution in [2.75, 3.05) is 5.32 Å². The molecule has 0 fully saturated rings. The molecule has 0 saturated heterocycles. The van der Waals surface area contributed by atoms with Gasteiger partial charge < -0.3 is 5.32 Å². The van der Waals surface area contributed by atoms with Gasteiger partial charge in [-0.2, -0.15) is 0 Å². The molecule has 120 valence electrons. The summed E-state index contributed by atoms with van der Waals surface area (Å²) in [4.78, 5) is 12.6. The van der Waals surface area contributed by atoms with Gasteiger partial charge in [0.05, 0.1) is 0 Å². The highest BCUT2D eigenvalue weighted by Crippen LogP contribution is 2.24. The third-order valence-electron chi connectivity index (χ3n) is 4.29. The zero-order valence-electron chi connectivity index (χ0n) is 13.6. The van der Waals surface area contributed by atoms with Crippen LogP contribution in [-0.4, -0.2) is 5.91 Å². The minimum Gasteiger partial charge on any atom is -0.321 e. The minimum atomic E-state index is -0.101. The van der Waals surface area contributed by atoms with Crippen LogP contribution in [0.1, 0.15) is 10.4 Å². The summed E-state index contributed by atoms with van der Waals surface area (Å²) in [6, 6.07) is 31.8. The Morgan fingerprint density at radius 3 is 2.04 bits per heavy atom. The molecule has 4 aromatic rings. The first kappa shape index (κ1) is 15.2. The molecular formula is C23H17NO. The Labute approximate surface area is 146 Å². The van der Waals surface area contributed by atoms with Gasteiger partial charge in [-0.1, -0.05) is 78.9 Å². The quantitative estimate of drug-likeness (QED) is 0.510. The highest BCUT2D eigenvalue weighted by atomic mass is 16.1. The molecule has 0 aromatic heterocycles. The molecule has 0 aliphatic rings. The number of nitrogens with one attached hydrogen (secondary N) is 1. The van der Waals surface area contributed by atoms with Crippen LogP contribution in [0.4, 0.5) is 5.69 Å². The third kappa shape index (κ3) is 3.15. The van der Waals surface area contributed by atoms with E-state index in [2.05, 4.69) is 17.4 Å². The van der Waals surface area contributed by atoms with E-state index in [9.17, 15) is 4.79 Å². The predicted molar refractivity (Wildman–Crippen MR) is 104 cm³/mol. The molecule has 25 heavy (non-hydrogen) atoms. The van der Waals surface area contributed by atoms with Gasteiger partial charge in [-0.05, 0) is 34.7 Å². The molecular weight excluding hydrogens is 306 g/mol. The van der Waals surface area contributed by atoms with Gasteiger partial charge in [0.25, 0.3) is 5.91 Å². The van der Waals surface area contributed by atoms with Gasteiger partial charge in [-0.15, -0.1) is 0 Å². The summed E-state index contributed by atoms with van der Waals surface area (Å²) in [6.07, 6.45) is 0. The standard InChI is InChI=1S/C23H17NO/c25-23(24-22-12-6-10-19-9-4-5-11-21(19)22)20-15-13-18(14-16-20)17-7-2-1-3-8-17/h1-16H,(H,24,25). The first-order chi connectivity index (χ1) is 12.3. The van der Waals surface area contributed by atoms with E-state index in [0.717, 1.165) is 27.6 Å². The summed E-state index contributed by atoms with van der Waals surface area (Å²) >= 11 is 0. The van der Waals surface area contributed by atoms with E-state index in [1.807, 2.05) is 84.9 Å². The van der Waals surface area contributed by atoms with Crippen LogP contribution >= 0.6 is 0 Å². The topological polar surface area (TPSA) is 29.1 Å². The van der Waals surface area contributed by atoms with Gasteiger partial charge in [0.2, 0.25) is 0 Å². The smallest absolute Gasteiger partial charge is 0.255 e. The van der Waals surface area contributed by atoms with Crippen LogP contribution in [0, 0.1) is 0 Å². The molecule has 4 rings (SSSR count). The van der Waals surface area contributed by atoms with E-state index < -0.39 is 0 Å². The Hall–Kier alpha value is -3.39. The van der Waals surface area contributed by atoms with Crippen molar-refractivity contribution in [2.45, 2.75) is 0 Å². The van der Waals surface area contributed by atoms with Crippen LogP contribution in [-0.2, 0) is 0 Å². The lowest BCUT2D eigenvalue weighted by molar-refractivity contribution is 0.102. The maximum absolute atomic E-state index is 12.6. The van der Waals surface area contributed by atoms with Gasteiger partial charge in [0.15, 0.2) is 0 Å². The average Bonchev–Trinajstić information content (AvgIpc) is 2.69. The largest absolute Gasteiger partial charge is 0.321 e. The lowest BCUT2D eigenvalue weighted by Gasteiger charge is -2.09. The molecule has 4 aromatic carbocycles. The SMILES string of the molecule is O=C(Nc1cccc2ccccc12)c1ccc(-c2ccccc2)cc1. The fraction of sp³-hybridized carbons (Fsp3) is 0. The first-order valence-corrected chi connectivity index (χ1v) is 8.26. The lowest BCUT2D eigenvalue weighted by Crippen LogP contribution is -2.11. The van der Waals surface area contributed by atoms with Crippen molar-refractivity contribution in [3.8, 4) is 11.1 Å². The summed E-state index contributed by atoms with van der Waals surface area (Å²) in [5.74, 6) is -0.101. The molecule has 0 bridgehead atoms. The van der Waals surface area contributed by atoms with E-state index in [-0.39, 0.29) is 5.91 Å². The van der Waals surface area contributed by atoms with Gasteiger partial charge in [-0.25, -0.2) is 0 Å². The molecule has 0 unspecified atom stereocenters. The molecule has 1 amide bonds. The maximum atomic E-state index is 12.6. The molecule has 0 atom stereocenters. The van der Waals surface area contributed by atoms with Crippen LogP contribution < -0.4 is 5.32 Å². The number of hydrogen-bond acceptors (Lipinski definition) is 1. The average molecular weight is 323 g/mol. The molecule has 0 aliphatic carbocycles. The second-order valence-electron chi connectivity index (χ2n) is 5.92. The Balaban J connectivity index is 1.59. The van der Waals surface area contributed by atoms with E-state index in [1.54, 1.807) is 0 Å². The Bertz CT molecular complexity index is 1020. The second-order valence-corrected chi connectivity index (χ2v) is 5.92. The van der Waals surface area contributed by atoms with E-state index in [4.69, 9.17) is 0 Å². The normalized spacial score (nSPS) is 10.6. The number of rotatable bonds is 3. The molecule has 0 heterocycles. The Morgan fingerprint density at radius 1 is 0.600 bits per heavy atom. The highest BCUT2D eigenvalue weighted by Gasteiger charge is 2.08. The summed E-state index contributed by atoms with van der Waals surface area (Å²) in [7, 11) is 0. The summed E-state index contributed by atoms with van der Waals surface area (Å²) < 4.78 is 0. The van der Waals surface area contributed by atoms with Gasteiger partial charge in [-0.3, -0.25) is 4.79 Å². The molecule has 0 aliphatic heterocycles. The molecule has 2 heteroatoms. The van der Waals surface area contributed by atoms with Crippen LogP contribution in [0.5, 0.6) is 0 Å². The predicted octanol–water partition coefficient (Wildman–Crippen LogP) is 5.76. The summed E-state index contributed by atoms with van der Waals surface area (Å²) in [5, 5.41) is 5.17. The zero-order chi connectivity index (χ0) is 17.1. The fourth-order valence-electron chi connectivity index (χ4n) is 2.97. The van der Waals surface area contributed by atoms with Crippen LogP contribution in [0.25, 0.3) is 21.9 Å². The van der Waals surface area contributed by atoms with Crippen LogP contribution in [0.3, 0.4) is 0 Å². The van der Waals surface area contributed by atoms with E-state index >= 15 is 0 Å². The van der Waals surface area contributed by atoms with Crippen molar-refractivity contribution in [3.05, 3.63) is 103 Å². The van der Waals surface area contributed by atoms with Crippen molar-refractivity contribution >= 4 is 22.4 Å². The first-order valence-electron chi connectivity index (χ1n) is 8.26. The monoisotopic (exact) mass is 323 g/mol. The highest BCUT2D eigenvalue weighted by molar-refractivity contribution is 6.09. The number of carbonyl (C=O) groups is 1. The van der Waals surface area contributed by atoms with Crippen molar-refractivity contribution in [1.82, 2.24) is 0 Å². The van der Waals surface area contributed by atoms with E-state index in [0.29, 0.717) is 5.56 Å². The van der Waals surface area contributed by atoms with Crippen molar-refractivity contribution in [1.29, 1.82) is 0 Å². The number of benzene rings is 4. The van der Waals surface area contributed by atoms with Gasteiger partial charge in [0, 0.05) is 16.6 Å². The number of amides is 1. The number of anilines is 1. The van der Waals surface area contributed by atoms with Gasteiger partial charge >= 0.3 is 0 Å². The van der Waals surface area contributed by atoms with Crippen LogP contribution in [0.15, 0.2) is 97.1 Å². The molecule has 0 radical (unpaired) electrons. The lowest BCUT2D eigenvalue weighted by atomic mass is 10.0. The maximum Gasteiger partial charge on any atom is 0.255 e. The molecule has 1 N–H and O–H groups in total. The summed E-state index contributed by atoms with van der Waals surface area (Å²) in [6.45, 7) is 0. The number of fused-ring (bicyclic) bond motifs is 1. The molecule has 0 spiro atoms. The summed E-state index contributed by atoms with van der Waals surface area (Å²) in [5.41, 5.74) is 3.72. The second kappa shape index (κ2) is 6.62. The van der Waals surface area contributed by atoms with Crippen molar-refractivity contribution in [3.63, 3.8) is 0 Å². The van der Waals surface area contributed by atoms with Crippen molar-refractivity contribution < 1.29 is 4.79 Å². The minimum absolute atomic E-state index is 0.101. The van der Waals surface area contributed by atoms with Crippen molar-refractivity contribution in [2.24, 2.45) is 0 Å². The fourth-order valence-corrected chi connectivity index (χ4v) is 2.97. The zero-order valence-corrected chi connectivity index (χ0v) is 13.6. The Morgan fingerprint density at radius 2 is 1.24 bits per heavy atom.